The molecule has 0 aliphatic heterocycles. The summed E-state index contributed by atoms with van der Waals surface area (Å²) in [5, 5.41) is 13.8. The maximum Gasteiger partial charge on any atom is 0.129 e. The molecule has 0 aliphatic carbocycles. The summed E-state index contributed by atoms with van der Waals surface area (Å²) in [5.74, 6) is 0.217. The number of hydrogen-bond acceptors (Lipinski definition) is 2. The van der Waals surface area contributed by atoms with Crippen molar-refractivity contribution in [2.75, 3.05) is 5.32 Å². The van der Waals surface area contributed by atoms with E-state index in [9.17, 15) is 5.11 Å². The van der Waals surface area contributed by atoms with Crippen molar-refractivity contribution in [2.45, 2.75) is 6.54 Å². The third kappa shape index (κ3) is 3.10. The highest BCUT2D eigenvalue weighted by Gasteiger charge is 2.05. The van der Waals surface area contributed by atoms with E-state index in [0.717, 1.165) is 5.56 Å². The first-order valence-electron chi connectivity index (χ1n) is 5.23. The Morgan fingerprint density at radius 1 is 1.11 bits per heavy atom. The van der Waals surface area contributed by atoms with Gasteiger partial charge in [0.2, 0.25) is 0 Å². The Balaban J connectivity index is 2.14. The smallest absolute Gasteiger partial charge is 0.129 e. The SMILES string of the molecule is Oc1ccc(CNc2c(Cl)cccc2Cl)cc1Br. The van der Waals surface area contributed by atoms with Gasteiger partial charge in [0, 0.05) is 6.54 Å². The number of aromatic hydroxyl groups is 1. The van der Waals surface area contributed by atoms with E-state index in [-0.39, 0.29) is 5.75 Å². The first-order chi connectivity index (χ1) is 8.58. The molecule has 5 heteroatoms. The Kier molecular flexibility index (Phi) is 4.38. The molecule has 2 nitrogen and oxygen atoms in total. The van der Waals surface area contributed by atoms with Crippen molar-refractivity contribution < 1.29 is 5.11 Å². The summed E-state index contributed by atoms with van der Waals surface area (Å²) in [4.78, 5) is 0. The average Bonchev–Trinajstić information content (AvgIpc) is 2.33. The number of para-hydroxylation sites is 1. The molecule has 2 rings (SSSR count). The van der Waals surface area contributed by atoms with E-state index in [1.807, 2.05) is 12.1 Å². The van der Waals surface area contributed by atoms with Crippen LogP contribution in [0.3, 0.4) is 0 Å². The lowest BCUT2D eigenvalue weighted by molar-refractivity contribution is 0.471. The summed E-state index contributed by atoms with van der Waals surface area (Å²) in [5.41, 5.74) is 1.72. The van der Waals surface area contributed by atoms with E-state index in [1.165, 1.54) is 0 Å². The minimum atomic E-state index is 0.217. The maximum absolute atomic E-state index is 9.41. The molecule has 0 bridgehead atoms. The number of benzene rings is 2. The first-order valence-corrected chi connectivity index (χ1v) is 6.78. The highest BCUT2D eigenvalue weighted by Crippen LogP contribution is 2.31. The molecule has 0 unspecified atom stereocenters. The van der Waals surface area contributed by atoms with Gasteiger partial charge in [0.15, 0.2) is 0 Å². The zero-order valence-electron chi connectivity index (χ0n) is 9.25. The summed E-state index contributed by atoms with van der Waals surface area (Å²) >= 11 is 15.4. The Bertz CT molecular complexity index is 555. The largest absolute Gasteiger partial charge is 0.507 e. The monoisotopic (exact) mass is 345 g/mol. The van der Waals surface area contributed by atoms with Gasteiger partial charge in [0.1, 0.15) is 5.75 Å². The molecule has 0 fully saturated rings. The molecule has 0 amide bonds. The van der Waals surface area contributed by atoms with Crippen LogP contribution < -0.4 is 5.32 Å². The van der Waals surface area contributed by atoms with Gasteiger partial charge in [-0.25, -0.2) is 0 Å². The molecular formula is C13H10BrCl2NO. The zero-order valence-corrected chi connectivity index (χ0v) is 12.4. The minimum absolute atomic E-state index is 0.217. The van der Waals surface area contributed by atoms with Crippen molar-refractivity contribution in [3.05, 3.63) is 56.5 Å². The molecule has 94 valence electrons. The lowest BCUT2D eigenvalue weighted by Crippen LogP contribution is -2.00. The van der Waals surface area contributed by atoms with Crippen LogP contribution in [0.15, 0.2) is 40.9 Å². The van der Waals surface area contributed by atoms with E-state index in [4.69, 9.17) is 23.2 Å². The number of rotatable bonds is 3. The zero-order chi connectivity index (χ0) is 13.1. The molecule has 0 saturated carbocycles. The summed E-state index contributed by atoms with van der Waals surface area (Å²) < 4.78 is 0.659. The molecule has 18 heavy (non-hydrogen) atoms. The van der Waals surface area contributed by atoms with Crippen molar-refractivity contribution in [2.24, 2.45) is 0 Å². The molecule has 0 aromatic heterocycles. The highest BCUT2D eigenvalue weighted by molar-refractivity contribution is 9.10. The quantitative estimate of drug-likeness (QED) is 0.812. The number of hydrogen-bond donors (Lipinski definition) is 2. The summed E-state index contributed by atoms with van der Waals surface area (Å²) in [6, 6.07) is 10.7. The van der Waals surface area contributed by atoms with Gasteiger partial charge in [-0.15, -0.1) is 0 Å². The van der Waals surface area contributed by atoms with Crippen molar-refractivity contribution in [1.29, 1.82) is 0 Å². The molecule has 0 heterocycles. The van der Waals surface area contributed by atoms with E-state index in [1.54, 1.807) is 24.3 Å². The third-order valence-corrected chi connectivity index (χ3v) is 3.71. The van der Waals surface area contributed by atoms with Gasteiger partial charge in [-0.1, -0.05) is 35.3 Å². The Morgan fingerprint density at radius 2 is 1.78 bits per heavy atom. The van der Waals surface area contributed by atoms with Crippen LogP contribution in [0.2, 0.25) is 10.0 Å². The lowest BCUT2D eigenvalue weighted by Gasteiger charge is -2.10. The van der Waals surface area contributed by atoms with Crippen molar-refractivity contribution in [1.82, 2.24) is 0 Å². The highest BCUT2D eigenvalue weighted by atomic mass is 79.9. The molecular weight excluding hydrogens is 337 g/mol. The second-order valence-electron chi connectivity index (χ2n) is 3.74. The van der Waals surface area contributed by atoms with Gasteiger partial charge < -0.3 is 10.4 Å². The summed E-state index contributed by atoms with van der Waals surface area (Å²) in [6.45, 7) is 0.572. The topological polar surface area (TPSA) is 32.3 Å². The fraction of sp³-hybridized carbons (Fsp3) is 0.0769. The predicted octanol–water partition coefficient (Wildman–Crippen LogP) is 5.07. The molecule has 0 aliphatic rings. The number of anilines is 1. The fourth-order valence-electron chi connectivity index (χ4n) is 1.52. The normalized spacial score (nSPS) is 10.4. The number of halogens is 3. The van der Waals surface area contributed by atoms with E-state index in [0.29, 0.717) is 26.8 Å². The maximum atomic E-state index is 9.41. The van der Waals surface area contributed by atoms with Crippen LogP contribution in [0.1, 0.15) is 5.56 Å². The molecule has 2 aromatic rings. The van der Waals surface area contributed by atoms with Crippen LogP contribution in [0, 0.1) is 0 Å². The minimum Gasteiger partial charge on any atom is -0.507 e. The summed E-state index contributed by atoms with van der Waals surface area (Å²) in [6.07, 6.45) is 0. The van der Waals surface area contributed by atoms with Crippen molar-refractivity contribution in [3.63, 3.8) is 0 Å². The van der Waals surface area contributed by atoms with Crippen LogP contribution in [-0.2, 0) is 6.54 Å². The molecule has 2 N–H and O–H groups in total. The van der Waals surface area contributed by atoms with Crippen molar-refractivity contribution in [3.8, 4) is 5.75 Å². The van der Waals surface area contributed by atoms with Crippen LogP contribution in [0.25, 0.3) is 0 Å². The van der Waals surface area contributed by atoms with Gasteiger partial charge in [-0.3, -0.25) is 0 Å². The van der Waals surface area contributed by atoms with Crippen LogP contribution in [0.4, 0.5) is 5.69 Å². The van der Waals surface area contributed by atoms with Gasteiger partial charge in [-0.05, 0) is 45.8 Å². The molecule has 0 spiro atoms. The standard InChI is InChI=1S/C13H10BrCl2NO/c14-9-6-8(4-5-12(9)18)7-17-13-10(15)2-1-3-11(13)16/h1-6,17-18H,7H2. The lowest BCUT2D eigenvalue weighted by atomic mass is 10.2. The average molecular weight is 347 g/mol. The molecule has 2 aromatic carbocycles. The second-order valence-corrected chi connectivity index (χ2v) is 5.40. The van der Waals surface area contributed by atoms with Gasteiger partial charge in [0.25, 0.3) is 0 Å². The molecule has 0 atom stereocenters. The Morgan fingerprint density at radius 3 is 2.39 bits per heavy atom. The Hall–Kier alpha value is -0.900. The first kappa shape index (κ1) is 13.5. The van der Waals surface area contributed by atoms with Crippen LogP contribution in [-0.4, -0.2) is 5.11 Å². The fourth-order valence-corrected chi connectivity index (χ4v) is 2.47. The van der Waals surface area contributed by atoms with E-state index < -0.39 is 0 Å². The Labute approximate surface area is 124 Å². The predicted molar refractivity (Wildman–Crippen MR) is 79.6 cm³/mol. The molecule has 0 saturated heterocycles. The van der Waals surface area contributed by atoms with Gasteiger partial charge >= 0.3 is 0 Å². The van der Waals surface area contributed by atoms with Crippen LogP contribution in [0.5, 0.6) is 5.75 Å². The van der Waals surface area contributed by atoms with Gasteiger partial charge in [-0.2, -0.15) is 0 Å². The van der Waals surface area contributed by atoms with E-state index in [2.05, 4.69) is 21.2 Å². The van der Waals surface area contributed by atoms with Gasteiger partial charge in [0.05, 0.1) is 20.2 Å². The van der Waals surface area contributed by atoms with Crippen LogP contribution >= 0.6 is 39.1 Å². The number of phenols is 1. The second kappa shape index (κ2) is 5.83. The number of nitrogens with one attached hydrogen (secondary N) is 1. The molecule has 0 radical (unpaired) electrons. The third-order valence-electron chi connectivity index (χ3n) is 2.44. The van der Waals surface area contributed by atoms with Crippen molar-refractivity contribution >= 4 is 44.8 Å². The van der Waals surface area contributed by atoms with E-state index >= 15 is 0 Å². The summed E-state index contributed by atoms with van der Waals surface area (Å²) in [7, 11) is 0. The number of phenolic OH excluding ortho intramolecular Hbond substituents is 1.